The largest absolute Gasteiger partial charge is 0.367 e. The van der Waals surface area contributed by atoms with Crippen LogP contribution in [0.5, 0.6) is 0 Å². The van der Waals surface area contributed by atoms with E-state index in [-0.39, 0.29) is 6.10 Å². The van der Waals surface area contributed by atoms with Gasteiger partial charge in [0.15, 0.2) is 0 Å². The van der Waals surface area contributed by atoms with Crippen molar-refractivity contribution in [1.29, 1.82) is 0 Å². The van der Waals surface area contributed by atoms with Gasteiger partial charge in [0.2, 0.25) is 0 Å². The van der Waals surface area contributed by atoms with Gasteiger partial charge in [0.25, 0.3) is 0 Å². The number of pyridine rings is 1. The van der Waals surface area contributed by atoms with Crippen LogP contribution in [-0.2, 0) is 4.74 Å². The Morgan fingerprint density at radius 3 is 2.45 bits per heavy atom. The molecule has 0 unspecified atom stereocenters. The molecule has 0 saturated carbocycles. The molecule has 0 saturated heterocycles. The van der Waals surface area contributed by atoms with Gasteiger partial charge in [0.05, 0.1) is 12.3 Å². The second-order valence-electron chi connectivity index (χ2n) is 5.89. The molecule has 3 nitrogen and oxygen atoms in total. The molecular formula is C18H23ClN2O. The predicted octanol–water partition coefficient (Wildman–Crippen LogP) is 4.04. The molecule has 0 aliphatic rings. The topological polar surface area (TPSA) is 25.4 Å². The summed E-state index contributed by atoms with van der Waals surface area (Å²) in [5.74, 6) is 0.452. The summed E-state index contributed by atoms with van der Waals surface area (Å²) >= 11 is 5.99. The first-order valence-electron chi connectivity index (χ1n) is 7.49. The molecule has 0 aliphatic carbocycles. The molecule has 0 spiro atoms. The van der Waals surface area contributed by atoms with Crippen LogP contribution < -0.4 is 0 Å². The Labute approximate surface area is 137 Å². The molecule has 0 N–H and O–H groups in total. The summed E-state index contributed by atoms with van der Waals surface area (Å²) in [6, 6.07) is 13.7. The number of aromatic nitrogens is 1. The Bertz CT molecular complexity index is 557. The molecule has 0 fully saturated rings. The van der Waals surface area contributed by atoms with Gasteiger partial charge < -0.3 is 9.64 Å². The van der Waals surface area contributed by atoms with Crippen molar-refractivity contribution in [2.24, 2.45) is 5.92 Å². The van der Waals surface area contributed by atoms with Crippen molar-refractivity contribution < 1.29 is 4.74 Å². The fourth-order valence-electron chi connectivity index (χ4n) is 2.46. The maximum atomic E-state index is 6.18. The SMILES string of the molecule is C[C@@H](CO[C@@H](c1ccc(Cl)cc1)c1ccccn1)CN(C)C. The molecule has 0 radical (unpaired) electrons. The first kappa shape index (κ1) is 16.9. The van der Waals surface area contributed by atoms with Gasteiger partial charge in [0.1, 0.15) is 6.10 Å². The smallest absolute Gasteiger partial charge is 0.124 e. The molecule has 1 heterocycles. The van der Waals surface area contributed by atoms with Crippen LogP contribution in [0.2, 0.25) is 5.02 Å². The first-order valence-corrected chi connectivity index (χ1v) is 7.87. The number of halogens is 1. The van der Waals surface area contributed by atoms with E-state index in [1.165, 1.54) is 0 Å². The van der Waals surface area contributed by atoms with Gasteiger partial charge in [-0.1, -0.05) is 36.7 Å². The zero-order valence-electron chi connectivity index (χ0n) is 13.4. The van der Waals surface area contributed by atoms with Crippen LogP contribution in [-0.4, -0.2) is 37.1 Å². The van der Waals surface area contributed by atoms with Crippen LogP contribution in [0.3, 0.4) is 0 Å². The van der Waals surface area contributed by atoms with Crippen molar-refractivity contribution in [3.8, 4) is 0 Å². The van der Waals surface area contributed by atoms with E-state index in [9.17, 15) is 0 Å². The minimum Gasteiger partial charge on any atom is -0.367 e. The van der Waals surface area contributed by atoms with Gasteiger partial charge in [-0.15, -0.1) is 0 Å². The van der Waals surface area contributed by atoms with Gasteiger partial charge in [0, 0.05) is 17.8 Å². The molecule has 2 rings (SSSR count). The summed E-state index contributed by atoms with van der Waals surface area (Å²) < 4.78 is 6.18. The normalized spacial score (nSPS) is 14.0. The Morgan fingerprint density at radius 1 is 1.14 bits per heavy atom. The molecule has 4 heteroatoms. The number of ether oxygens (including phenoxy) is 1. The van der Waals surface area contributed by atoms with Crippen LogP contribution >= 0.6 is 11.6 Å². The number of benzene rings is 1. The quantitative estimate of drug-likeness (QED) is 0.770. The van der Waals surface area contributed by atoms with Crippen molar-refractivity contribution >= 4 is 11.6 Å². The fourth-order valence-corrected chi connectivity index (χ4v) is 2.58. The number of rotatable bonds is 7. The van der Waals surface area contributed by atoms with Gasteiger partial charge in [-0.2, -0.15) is 0 Å². The van der Waals surface area contributed by atoms with Crippen LogP contribution in [0.25, 0.3) is 0 Å². The van der Waals surface area contributed by atoms with E-state index < -0.39 is 0 Å². The van der Waals surface area contributed by atoms with Gasteiger partial charge in [-0.3, -0.25) is 4.98 Å². The Morgan fingerprint density at radius 2 is 1.86 bits per heavy atom. The molecule has 1 aromatic heterocycles. The van der Waals surface area contributed by atoms with E-state index in [1.807, 2.05) is 42.5 Å². The van der Waals surface area contributed by atoms with Crippen molar-refractivity contribution in [3.63, 3.8) is 0 Å². The second kappa shape index (κ2) is 8.28. The maximum absolute atomic E-state index is 6.18. The fraction of sp³-hybridized carbons (Fsp3) is 0.389. The van der Waals surface area contributed by atoms with E-state index in [4.69, 9.17) is 16.3 Å². The highest BCUT2D eigenvalue weighted by molar-refractivity contribution is 6.30. The van der Waals surface area contributed by atoms with Crippen LogP contribution in [0.15, 0.2) is 48.7 Å². The third kappa shape index (κ3) is 5.09. The molecule has 0 amide bonds. The molecule has 2 aromatic rings. The summed E-state index contributed by atoms with van der Waals surface area (Å²) in [5.41, 5.74) is 1.99. The first-order chi connectivity index (χ1) is 10.6. The average Bonchev–Trinajstić information content (AvgIpc) is 2.49. The molecule has 118 valence electrons. The summed E-state index contributed by atoms with van der Waals surface area (Å²) in [6.45, 7) is 3.87. The summed E-state index contributed by atoms with van der Waals surface area (Å²) in [7, 11) is 4.15. The molecule has 2 atom stereocenters. The zero-order chi connectivity index (χ0) is 15.9. The highest BCUT2D eigenvalue weighted by atomic mass is 35.5. The predicted molar refractivity (Wildman–Crippen MR) is 91.2 cm³/mol. The Hall–Kier alpha value is -1.42. The van der Waals surface area contributed by atoms with Crippen molar-refractivity contribution in [1.82, 2.24) is 9.88 Å². The summed E-state index contributed by atoms with van der Waals surface area (Å²) in [5, 5.41) is 0.726. The lowest BCUT2D eigenvalue weighted by atomic mass is 10.1. The van der Waals surface area contributed by atoms with E-state index >= 15 is 0 Å². The highest BCUT2D eigenvalue weighted by Crippen LogP contribution is 2.26. The number of nitrogens with zero attached hydrogens (tertiary/aromatic N) is 2. The lowest BCUT2D eigenvalue weighted by molar-refractivity contribution is 0.0475. The van der Waals surface area contributed by atoms with E-state index in [2.05, 4.69) is 30.9 Å². The summed E-state index contributed by atoms with van der Waals surface area (Å²) in [6.07, 6.45) is 1.63. The van der Waals surface area contributed by atoms with Crippen molar-refractivity contribution in [2.75, 3.05) is 27.2 Å². The molecule has 1 aromatic carbocycles. The number of hydrogen-bond acceptors (Lipinski definition) is 3. The minimum absolute atomic E-state index is 0.164. The Kier molecular flexibility index (Phi) is 6.37. The van der Waals surface area contributed by atoms with Crippen LogP contribution in [0, 0.1) is 5.92 Å². The second-order valence-corrected chi connectivity index (χ2v) is 6.32. The van der Waals surface area contributed by atoms with E-state index in [1.54, 1.807) is 6.20 Å². The third-order valence-electron chi connectivity index (χ3n) is 3.35. The monoisotopic (exact) mass is 318 g/mol. The van der Waals surface area contributed by atoms with Gasteiger partial charge in [-0.25, -0.2) is 0 Å². The number of hydrogen-bond donors (Lipinski definition) is 0. The standard InChI is InChI=1S/C18H23ClN2O/c1-14(12-21(2)3)13-22-18(17-6-4-5-11-20-17)15-7-9-16(19)10-8-15/h4-11,14,18H,12-13H2,1-3H3/t14-,18+/m1/s1. The third-order valence-corrected chi connectivity index (χ3v) is 3.61. The maximum Gasteiger partial charge on any atom is 0.124 e. The van der Waals surface area contributed by atoms with Crippen LogP contribution in [0.4, 0.5) is 0 Å². The molecule has 22 heavy (non-hydrogen) atoms. The summed E-state index contributed by atoms with van der Waals surface area (Å²) in [4.78, 5) is 6.62. The van der Waals surface area contributed by atoms with E-state index in [0.29, 0.717) is 12.5 Å². The van der Waals surface area contributed by atoms with Crippen LogP contribution in [0.1, 0.15) is 24.3 Å². The van der Waals surface area contributed by atoms with E-state index in [0.717, 1.165) is 22.8 Å². The Balaban J connectivity index is 2.14. The zero-order valence-corrected chi connectivity index (χ0v) is 14.1. The van der Waals surface area contributed by atoms with Gasteiger partial charge >= 0.3 is 0 Å². The molecule has 0 bridgehead atoms. The highest BCUT2D eigenvalue weighted by Gasteiger charge is 2.17. The van der Waals surface area contributed by atoms with Gasteiger partial charge in [-0.05, 0) is 49.8 Å². The minimum atomic E-state index is -0.164. The van der Waals surface area contributed by atoms with Crippen molar-refractivity contribution in [2.45, 2.75) is 13.0 Å². The lowest BCUT2D eigenvalue weighted by Gasteiger charge is -2.22. The van der Waals surface area contributed by atoms with Crippen molar-refractivity contribution in [3.05, 3.63) is 64.9 Å². The molecule has 0 aliphatic heterocycles. The average molecular weight is 319 g/mol. The lowest BCUT2D eigenvalue weighted by Crippen LogP contribution is -2.24. The molecular weight excluding hydrogens is 296 g/mol.